The molecule has 2 rings (SSSR count). The number of aryl methyl sites for hydroxylation is 1. The topological polar surface area (TPSA) is 32.3 Å². The number of nitrogens with zero attached hydrogens (tertiary/aromatic N) is 1. The fourth-order valence-electron chi connectivity index (χ4n) is 3.07. The van der Waals surface area contributed by atoms with Crippen molar-refractivity contribution in [3.05, 3.63) is 29.3 Å². The van der Waals surface area contributed by atoms with Crippen LogP contribution in [0.1, 0.15) is 57.7 Å². The molecule has 1 N–H and O–H groups in total. The van der Waals surface area contributed by atoms with Gasteiger partial charge in [0, 0.05) is 25.2 Å². The number of benzene rings is 1. The van der Waals surface area contributed by atoms with E-state index in [2.05, 4.69) is 51.2 Å². The van der Waals surface area contributed by atoms with Gasteiger partial charge in [-0.2, -0.15) is 0 Å². The van der Waals surface area contributed by atoms with Gasteiger partial charge in [-0.1, -0.05) is 39.8 Å². The molecule has 0 saturated carbocycles. The zero-order valence-corrected chi connectivity index (χ0v) is 14.0. The molecule has 1 aromatic rings. The van der Waals surface area contributed by atoms with Crippen LogP contribution in [-0.4, -0.2) is 19.5 Å². The zero-order valence-electron chi connectivity index (χ0n) is 14.0. The lowest BCUT2D eigenvalue weighted by Gasteiger charge is -2.34. The molecule has 0 spiro atoms. The van der Waals surface area contributed by atoms with Crippen LogP contribution in [0.25, 0.3) is 0 Å². The second-order valence-electron chi connectivity index (χ2n) is 7.09. The summed E-state index contributed by atoms with van der Waals surface area (Å²) in [5.74, 6) is 0.215. The molecule has 0 aliphatic carbocycles. The molecule has 1 aromatic carbocycles. The fraction of sp³-hybridized carbons (Fsp3) is 0.611. The van der Waals surface area contributed by atoms with Gasteiger partial charge in [-0.3, -0.25) is 4.79 Å². The highest BCUT2D eigenvalue weighted by Gasteiger charge is 2.27. The van der Waals surface area contributed by atoms with Crippen molar-refractivity contribution in [1.29, 1.82) is 0 Å². The molecular formula is C18H28N2O. The molecular weight excluding hydrogens is 260 g/mol. The Bertz CT molecular complexity index is 516. The van der Waals surface area contributed by atoms with Gasteiger partial charge in [-0.25, -0.2) is 0 Å². The Morgan fingerprint density at radius 2 is 2.00 bits per heavy atom. The van der Waals surface area contributed by atoms with E-state index in [4.69, 9.17) is 0 Å². The minimum atomic E-state index is 0.166. The van der Waals surface area contributed by atoms with Gasteiger partial charge in [0.15, 0.2) is 0 Å². The molecule has 1 atom stereocenters. The number of nitrogens with one attached hydrogen (secondary N) is 1. The summed E-state index contributed by atoms with van der Waals surface area (Å²) in [6, 6.07) is 6.91. The van der Waals surface area contributed by atoms with E-state index in [9.17, 15) is 4.79 Å². The summed E-state index contributed by atoms with van der Waals surface area (Å²) in [4.78, 5) is 13.6. The zero-order chi connectivity index (χ0) is 15.6. The monoisotopic (exact) mass is 288 g/mol. The van der Waals surface area contributed by atoms with Gasteiger partial charge in [0.05, 0.1) is 0 Å². The lowest BCUT2D eigenvalue weighted by molar-refractivity contribution is -0.118. The van der Waals surface area contributed by atoms with Crippen LogP contribution in [0.15, 0.2) is 18.2 Å². The predicted molar refractivity (Wildman–Crippen MR) is 88.7 cm³/mol. The Hall–Kier alpha value is -1.35. The molecule has 1 heterocycles. The van der Waals surface area contributed by atoms with Crippen molar-refractivity contribution in [1.82, 2.24) is 5.32 Å². The van der Waals surface area contributed by atoms with E-state index in [1.807, 2.05) is 7.05 Å². The van der Waals surface area contributed by atoms with E-state index in [-0.39, 0.29) is 11.3 Å². The smallest absolute Gasteiger partial charge is 0.227 e. The molecule has 0 saturated heterocycles. The lowest BCUT2D eigenvalue weighted by atomic mass is 9.81. The number of hydrogen-bond donors (Lipinski definition) is 1. The first-order valence-electron chi connectivity index (χ1n) is 7.97. The highest BCUT2D eigenvalue weighted by molar-refractivity contribution is 5.95. The number of carbonyl (C=O) groups is 1. The van der Waals surface area contributed by atoms with E-state index < -0.39 is 0 Å². The quantitative estimate of drug-likeness (QED) is 0.916. The maximum Gasteiger partial charge on any atom is 0.227 e. The molecule has 116 valence electrons. The number of fused-ring (bicyclic) bond motifs is 1. The highest BCUT2D eigenvalue weighted by atomic mass is 16.2. The van der Waals surface area contributed by atoms with E-state index in [1.54, 1.807) is 4.90 Å². The largest absolute Gasteiger partial charge is 0.315 e. The number of anilines is 1. The summed E-state index contributed by atoms with van der Waals surface area (Å²) in [6.07, 6.45) is 2.61. The minimum absolute atomic E-state index is 0.166. The standard InChI is InChI=1S/C18H28N2O/c1-6-11-19-17(18(2,3)4)14-7-9-15-13(12-14)8-10-16(21)20(15)5/h7,9,12,17,19H,6,8,10-11H2,1-5H3. The van der Waals surface area contributed by atoms with Crippen LogP contribution < -0.4 is 10.2 Å². The Balaban J connectivity index is 2.33. The van der Waals surface area contributed by atoms with Gasteiger partial charge in [-0.05, 0) is 42.0 Å². The Labute approximate surface area is 128 Å². The van der Waals surface area contributed by atoms with Crippen molar-refractivity contribution in [2.75, 3.05) is 18.5 Å². The third-order valence-electron chi connectivity index (χ3n) is 4.25. The van der Waals surface area contributed by atoms with Gasteiger partial charge in [0.2, 0.25) is 5.91 Å². The SMILES string of the molecule is CCCNC(c1ccc2c(c1)CCC(=O)N2C)C(C)(C)C. The van der Waals surface area contributed by atoms with Gasteiger partial charge >= 0.3 is 0 Å². The van der Waals surface area contributed by atoms with Crippen molar-refractivity contribution >= 4 is 11.6 Å². The molecule has 3 nitrogen and oxygen atoms in total. The van der Waals surface area contributed by atoms with E-state index in [1.165, 1.54) is 11.1 Å². The summed E-state index contributed by atoms with van der Waals surface area (Å²) in [5.41, 5.74) is 3.86. The van der Waals surface area contributed by atoms with Crippen LogP contribution in [-0.2, 0) is 11.2 Å². The predicted octanol–water partition coefficient (Wildman–Crippen LogP) is 3.68. The Morgan fingerprint density at radius 1 is 1.29 bits per heavy atom. The van der Waals surface area contributed by atoms with Crippen LogP contribution in [0.5, 0.6) is 0 Å². The van der Waals surface area contributed by atoms with Crippen LogP contribution in [0.4, 0.5) is 5.69 Å². The van der Waals surface area contributed by atoms with Gasteiger partial charge < -0.3 is 10.2 Å². The molecule has 0 radical (unpaired) electrons. The normalized spacial score (nSPS) is 16.8. The van der Waals surface area contributed by atoms with Crippen molar-refractivity contribution < 1.29 is 4.79 Å². The third kappa shape index (κ3) is 3.46. The van der Waals surface area contributed by atoms with Gasteiger partial charge in [-0.15, -0.1) is 0 Å². The second-order valence-corrected chi connectivity index (χ2v) is 7.09. The average Bonchev–Trinajstić information content (AvgIpc) is 2.42. The van der Waals surface area contributed by atoms with Crippen molar-refractivity contribution in [3.8, 4) is 0 Å². The maximum atomic E-state index is 11.8. The first kappa shape index (κ1) is 16.0. The minimum Gasteiger partial charge on any atom is -0.315 e. The van der Waals surface area contributed by atoms with E-state index >= 15 is 0 Å². The highest BCUT2D eigenvalue weighted by Crippen LogP contribution is 2.36. The first-order valence-corrected chi connectivity index (χ1v) is 7.97. The lowest BCUT2D eigenvalue weighted by Crippen LogP contribution is -2.34. The van der Waals surface area contributed by atoms with Crippen molar-refractivity contribution in [3.63, 3.8) is 0 Å². The summed E-state index contributed by atoms with van der Waals surface area (Å²) in [7, 11) is 1.87. The molecule has 0 bridgehead atoms. The summed E-state index contributed by atoms with van der Waals surface area (Å²) in [6.45, 7) is 10.0. The average molecular weight is 288 g/mol. The Morgan fingerprint density at radius 3 is 2.62 bits per heavy atom. The van der Waals surface area contributed by atoms with Crippen molar-refractivity contribution in [2.45, 2.75) is 53.0 Å². The molecule has 1 unspecified atom stereocenters. The van der Waals surface area contributed by atoms with Crippen LogP contribution in [0, 0.1) is 5.41 Å². The molecule has 1 aliphatic rings. The first-order chi connectivity index (χ1) is 9.84. The molecule has 0 fully saturated rings. The van der Waals surface area contributed by atoms with E-state index in [0.717, 1.165) is 25.1 Å². The Kier molecular flexibility index (Phi) is 4.72. The van der Waals surface area contributed by atoms with Crippen LogP contribution in [0.2, 0.25) is 0 Å². The molecule has 21 heavy (non-hydrogen) atoms. The molecule has 0 aromatic heterocycles. The fourth-order valence-corrected chi connectivity index (χ4v) is 3.07. The number of carbonyl (C=O) groups excluding carboxylic acids is 1. The second kappa shape index (κ2) is 6.18. The van der Waals surface area contributed by atoms with Gasteiger partial charge in [0.25, 0.3) is 0 Å². The van der Waals surface area contributed by atoms with E-state index in [0.29, 0.717) is 12.5 Å². The summed E-state index contributed by atoms with van der Waals surface area (Å²) < 4.78 is 0. The third-order valence-corrected chi connectivity index (χ3v) is 4.25. The number of rotatable bonds is 4. The molecule has 1 amide bonds. The maximum absolute atomic E-state index is 11.8. The number of hydrogen-bond acceptors (Lipinski definition) is 2. The number of amides is 1. The molecule has 3 heteroatoms. The van der Waals surface area contributed by atoms with Crippen LogP contribution in [0.3, 0.4) is 0 Å². The molecule has 1 aliphatic heterocycles. The van der Waals surface area contributed by atoms with Crippen molar-refractivity contribution in [2.24, 2.45) is 5.41 Å². The van der Waals surface area contributed by atoms with Crippen LogP contribution >= 0.6 is 0 Å². The summed E-state index contributed by atoms with van der Waals surface area (Å²) >= 11 is 0. The van der Waals surface area contributed by atoms with Gasteiger partial charge in [0.1, 0.15) is 0 Å². The summed E-state index contributed by atoms with van der Waals surface area (Å²) in [5, 5.41) is 3.67.